The van der Waals surface area contributed by atoms with Gasteiger partial charge in [-0.3, -0.25) is 0 Å². The van der Waals surface area contributed by atoms with E-state index in [0.717, 1.165) is 5.01 Å². The lowest BCUT2D eigenvalue weighted by molar-refractivity contribution is -0.0135. The van der Waals surface area contributed by atoms with Gasteiger partial charge in [0.05, 0.1) is 20.3 Å². The number of amides is 2. The van der Waals surface area contributed by atoms with Crippen molar-refractivity contribution in [2.75, 3.05) is 32.1 Å². The standard InChI is InChI=1S/C15H16FN3O3S/c1-21-12-8-10(2-3-11(12)16)18-15(20)19-5-6-22-13(9-19)14-17-4-7-23-14/h2-4,7-8,13H,5-6,9H2,1H3,(H,18,20). The Morgan fingerprint density at radius 3 is 3.17 bits per heavy atom. The number of aromatic nitrogens is 1. The van der Waals surface area contributed by atoms with Gasteiger partial charge >= 0.3 is 6.03 Å². The third kappa shape index (κ3) is 3.59. The van der Waals surface area contributed by atoms with Crippen LogP contribution < -0.4 is 10.1 Å². The molecule has 1 unspecified atom stereocenters. The maximum Gasteiger partial charge on any atom is 0.322 e. The normalized spacial score (nSPS) is 17.8. The van der Waals surface area contributed by atoms with Crippen LogP contribution in [0.3, 0.4) is 0 Å². The van der Waals surface area contributed by atoms with Crippen LogP contribution in [0.2, 0.25) is 0 Å². The van der Waals surface area contributed by atoms with E-state index in [4.69, 9.17) is 9.47 Å². The van der Waals surface area contributed by atoms with E-state index in [1.807, 2.05) is 5.38 Å². The molecule has 0 radical (unpaired) electrons. The molecular weight excluding hydrogens is 321 g/mol. The number of carbonyl (C=O) groups excluding carboxylic acids is 1. The molecule has 0 spiro atoms. The van der Waals surface area contributed by atoms with Crippen LogP contribution in [-0.4, -0.2) is 42.7 Å². The first-order valence-electron chi connectivity index (χ1n) is 7.08. The maximum atomic E-state index is 13.4. The average Bonchev–Trinajstić information content (AvgIpc) is 3.11. The Morgan fingerprint density at radius 1 is 1.57 bits per heavy atom. The third-order valence-corrected chi connectivity index (χ3v) is 4.35. The van der Waals surface area contributed by atoms with Crippen LogP contribution in [0, 0.1) is 5.82 Å². The molecule has 2 heterocycles. The predicted octanol–water partition coefficient (Wildman–Crippen LogP) is 2.90. The van der Waals surface area contributed by atoms with E-state index in [1.54, 1.807) is 11.1 Å². The highest BCUT2D eigenvalue weighted by Crippen LogP contribution is 2.25. The van der Waals surface area contributed by atoms with Crippen molar-refractivity contribution >= 4 is 23.1 Å². The topological polar surface area (TPSA) is 63.7 Å². The lowest BCUT2D eigenvalue weighted by atomic mass is 10.2. The van der Waals surface area contributed by atoms with Gasteiger partial charge in [-0.2, -0.15) is 0 Å². The molecule has 1 fully saturated rings. The van der Waals surface area contributed by atoms with Crippen molar-refractivity contribution in [2.24, 2.45) is 0 Å². The fourth-order valence-electron chi connectivity index (χ4n) is 2.32. The highest BCUT2D eigenvalue weighted by molar-refractivity contribution is 7.09. The van der Waals surface area contributed by atoms with Crippen molar-refractivity contribution in [1.29, 1.82) is 0 Å². The van der Waals surface area contributed by atoms with Gasteiger partial charge in [-0.05, 0) is 12.1 Å². The SMILES string of the molecule is COc1cc(NC(=O)N2CCOC(c3nccs3)C2)ccc1F. The van der Waals surface area contributed by atoms with Crippen molar-refractivity contribution < 1.29 is 18.7 Å². The number of nitrogens with zero attached hydrogens (tertiary/aromatic N) is 2. The Labute approximate surface area is 136 Å². The molecule has 1 saturated heterocycles. The molecule has 23 heavy (non-hydrogen) atoms. The largest absolute Gasteiger partial charge is 0.494 e. The highest BCUT2D eigenvalue weighted by atomic mass is 32.1. The first-order valence-corrected chi connectivity index (χ1v) is 7.96. The van der Waals surface area contributed by atoms with Crippen LogP contribution in [0.5, 0.6) is 5.75 Å². The quantitative estimate of drug-likeness (QED) is 0.935. The molecule has 3 rings (SSSR count). The summed E-state index contributed by atoms with van der Waals surface area (Å²) in [6, 6.07) is 3.94. The molecule has 1 atom stereocenters. The maximum absolute atomic E-state index is 13.4. The molecule has 8 heteroatoms. The number of anilines is 1. The van der Waals surface area contributed by atoms with E-state index >= 15 is 0 Å². The summed E-state index contributed by atoms with van der Waals surface area (Å²) < 4.78 is 24.0. The van der Waals surface area contributed by atoms with Gasteiger partial charge in [0.2, 0.25) is 0 Å². The summed E-state index contributed by atoms with van der Waals surface area (Å²) in [7, 11) is 1.38. The minimum absolute atomic E-state index is 0.0884. The molecule has 0 saturated carbocycles. The summed E-state index contributed by atoms with van der Waals surface area (Å²) in [4.78, 5) is 18.3. The Morgan fingerprint density at radius 2 is 2.43 bits per heavy atom. The Balaban J connectivity index is 1.66. The first kappa shape index (κ1) is 15.7. The van der Waals surface area contributed by atoms with E-state index in [9.17, 15) is 9.18 Å². The second kappa shape index (κ2) is 6.93. The summed E-state index contributed by atoms with van der Waals surface area (Å²) in [6.07, 6.45) is 1.50. The number of carbonyl (C=O) groups is 1. The van der Waals surface area contributed by atoms with Crippen LogP contribution in [0.4, 0.5) is 14.9 Å². The molecule has 1 N–H and O–H groups in total. The molecular formula is C15H16FN3O3S. The lowest BCUT2D eigenvalue weighted by Crippen LogP contribution is -2.44. The van der Waals surface area contributed by atoms with Crippen molar-refractivity contribution in [3.8, 4) is 5.75 Å². The monoisotopic (exact) mass is 337 g/mol. The van der Waals surface area contributed by atoms with Gasteiger partial charge in [0.25, 0.3) is 0 Å². The zero-order valence-electron chi connectivity index (χ0n) is 12.5. The second-order valence-electron chi connectivity index (χ2n) is 4.96. The Hall–Kier alpha value is -2.19. The van der Waals surface area contributed by atoms with Crippen LogP contribution in [0.25, 0.3) is 0 Å². The summed E-state index contributed by atoms with van der Waals surface area (Å²) in [6.45, 7) is 1.37. The van der Waals surface area contributed by atoms with Crippen LogP contribution >= 0.6 is 11.3 Å². The molecule has 0 bridgehead atoms. The van der Waals surface area contributed by atoms with Crippen LogP contribution in [0.1, 0.15) is 11.1 Å². The highest BCUT2D eigenvalue weighted by Gasteiger charge is 2.27. The number of morpholine rings is 1. The van der Waals surface area contributed by atoms with Crippen molar-refractivity contribution in [2.45, 2.75) is 6.10 Å². The summed E-state index contributed by atoms with van der Waals surface area (Å²) in [5.74, 6) is -0.383. The van der Waals surface area contributed by atoms with Gasteiger partial charge in [-0.25, -0.2) is 14.2 Å². The van der Waals surface area contributed by atoms with Gasteiger partial charge in [0.15, 0.2) is 11.6 Å². The van der Waals surface area contributed by atoms with Crippen LogP contribution in [-0.2, 0) is 4.74 Å². The van der Waals surface area contributed by atoms with Gasteiger partial charge in [0.1, 0.15) is 11.1 Å². The molecule has 1 aliphatic heterocycles. The lowest BCUT2D eigenvalue weighted by Gasteiger charge is -2.32. The van der Waals surface area contributed by atoms with Crippen molar-refractivity contribution in [1.82, 2.24) is 9.88 Å². The predicted molar refractivity (Wildman–Crippen MR) is 84.4 cm³/mol. The number of methoxy groups -OCH3 is 1. The average molecular weight is 337 g/mol. The molecule has 0 aliphatic carbocycles. The van der Waals surface area contributed by atoms with Gasteiger partial charge in [0, 0.05) is 29.9 Å². The number of thiazole rings is 1. The van der Waals surface area contributed by atoms with Gasteiger partial charge in [-0.1, -0.05) is 0 Å². The van der Waals surface area contributed by atoms with E-state index in [1.165, 1.54) is 36.6 Å². The minimum atomic E-state index is -0.472. The first-order chi connectivity index (χ1) is 11.2. The molecule has 2 aromatic rings. The molecule has 1 aliphatic rings. The second-order valence-corrected chi connectivity index (χ2v) is 5.88. The summed E-state index contributed by atoms with van der Waals surface area (Å²) in [5, 5.41) is 5.48. The van der Waals surface area contributed by atoms with Gasteiger partial charge < -0.3 is 19.7 Å². The summed E-state index contributed by atoms with van der Waals surface area (Å²) in [5.41, 5.74) is 0.477. The zero-order valence-corrected chi connectivity index (χ0v) is 13.3. The van der Waals surface area contributed by atoms with Crippen molar-refractivity contribution in [3.63, 3.8) is 0 Å². The molecule has 1 aromatic heterocycles. The fraction of sp³-hybridized carbons (Fsp3) is 0.333. The number of hydrogen-bond donors (Lipinski definition) is 1. The Bertz CT molecular complexity index is 681. The van der Waals surface area contributed by atoms with Gasteiger partial charge in [-0.15, -0.1) is 11.3 Å². The third-order valence-electron chi connectivity index (χ3n) is 3.48. The molecule has 1 aromatic carbocycles. The molecule has 6 nitrogen and oxygen atoms in total. The number of rotatable bonds is 3. The number of halogens is 1. The number of urea groups is 1. The fourth-order valence-corrected chi connectivity index (χ4v) is 2.99. The van der Waals surface area contributed by atoms with E-state index in [-0.39, 0.29) is 17.9 Å². The zero-order chi connectivity index (χ0) is 16.2. The number of benzene rings is 1. The number of hydrogen-bond acceptors (Lipinski definition) is 5. The van der Waals surface area contributed by atoms with E-state index in [0.29, 0.717) is 25.4 Å². The summed E-state index contributed by atoms with van der Waals surface area (Å²) >= 11 is 1.50. The molecule has 122 valence electrons. The Kier molecular flexibility index (Phi) is 4.73. The molecule has 2 amide bonds. The van der Waals surface area contributed by atoms with E-state index < -0.39 is 5.82 Å². The number of nitrogens with one attached hydrogen (secondary N) is 1. The van der Waals surface area contributed by atoms with E-state index in [2.05, 4.69) is 10.3 Å². The number of ether oxygens (including phenoxy) is 2. The minimum Gasteiger partial charge on any atom is -0.494 e. The van der Waals surface area contributed by atoms with Crippen LogP contribution in [0.15, 0.2) is 29.8 Å². The smallest absolute Gasteiger partial charge is 0.322 e. The van der Waals surface area contributed by atoms with Crippen molar-refractivity contribution in [3.05, 3.63) is 40.6 Å².